The summed E-state index contributed by atoms with van der Waals surface area (Å²) in [5.74, 6) is 1.57. The van der Waals surface area contributed by atoms with E-state index in [2.05, 4.69) is 22.7 Å². The van der Waals surface area contributed by atoms with Gasteiger partial charge in [0, 0.05) is 32.8 Å². The summed E-state index contributed by atoms with van der Waals surface area (Å²) >= 11 is 0. The number of imidazole rings is 1. The first-order valence-corrected chi connectivity index (χ1v) is 7.56. The Kier molecular flexibility index (Phi) is 3.78. The SMILES string of the molecule is C[C@@H]1CCO[C@@H]1C(=O)N(C)Cc1cn2c(n1)CCCC2. The van der Waals surface area contributed by atoms with E-state index in [1.165, 1.54) is 12.8 Å². The molecule has 2 aliphatic heterocycles. The molecule has 0 radical (unpaired) electrons. The molecule has 1 saturated heterocycles. The first-order chi connectivity index (χ1) is 9.65. The molecule has 0 saturated carbocycles. The van der Waals surface area contributed by atoms with E-state index in [0.717, 1.165) is 30.9 Å². The molecule has 0 unspecified atom stereocenters. The lowest BCUT2D eigenvalue weighted by atomic mass is 10.0. The molecular weight excluding hydrogens is 254 g/mol. The molecule has 1 aromatic heterocycles. The predicted octanol–water partition coefficient (Wildman–Crippen LogP) is 1.60. The van der Waals surface area contributed by atoms with Crippen molar-refractivity contribution >= 4 is 5.91 Å². The molecule has 0 aliphatic carbocycles. The van der Waals surface area contributed by atoms with Crippen molar-refractivity contribution in [1.29, 1.82) is 0 Å². The number of ether oxygens (including phenoxy) is 1. The fourth-order valence-electron chi connectivity index (χ4n) is 3.10. The number of aryl methyl sites for hydroxylation is 2. The maximum absolute atomic E-state index is 12.4. The van der Waals surface area contributed by atoms with Crippen molar-refractivity contribution in [3.05, 3.63) is 17.7 Å². The lowest BCUT2D eigenvalue weighted by Crippen LogP contribution is -2.38. The number of aromatic nitrogens is 2. The summed E-state index contributed by atoms with van der Waals surface area (Å²) in [6.07, 6.45) is 6.31. The van der Waals surface area contributed by atoms with Gasteiger partial charge in [0.2, 0.25) is 0 Å². The highest BCUT2D eigenvalue weighted by molar-refractivity contribution is 5.81. The van der Waals surface area contributed by atoms with Gasteiger partial charge in [-0.2, -0.15) is 0 Å². The van der Waals surface area contributed by atoms with Crippen molar-refractivity contribution in [2.24, 2.45) is 5.92 Å². The van der Waals surface area contributed by atoms with E-state index in [-0.39, 0.29) is 12.0 Å². The van der Waals surface area contributed by atoms with Crippen LogP contribution in [0.25, 0.3) is 0 Å². The van der Waals surface area contributed by atoms with Gasteiger partial charge in [-0.1, -0.05) is 6.92 Å². The molecule has 5 nitrogen and oxygen atoms in total. The number of likely N-dealkylation sites (N-methyl/N-ethyl adjacent to an activating group) is 1. The minimum Gasteiger partial charge on any atom is -0.368 e. The molecule has 1 amide bonds. The maximum Gasteiger partial charge on any atom is 0.252 e. The van der Waals surface area contributed by atoms with E-state index in [9.17, 15) is 4.79 Å². The molecule has 3 rings (SSSR count). The predicted molar refractivity (Wildman–Crippen MR) is 75.2 cm³/mol. The molecule has 0 bridgehead atoms. The molecule has 1 aromatic rings. The van der Waals surface area contributed by atoms with Crippen LogP contribution in [0.2, 0.25) is 0 Å². The number of carbonyl (C=O) groups excluding carboxylic acids is 1. The fourth-order valence-corrected chi connectivity index (χ4v) is 3.10. The Hall–Kier alpha value is -1.36. The van der Waals surface area contributed by atoms with Crippen LogP contribution < -0.4 is 0 Å². The third-order valence-electron chi connectivity index (χ3n) is 4.36. The molecular formula is C15H23N3O2. The average molecular weight is 277 g/mol. The second-order valence-corrected chi connectivity index (χ2v) is 6.05. The first-order valence-electron chi connectivity index (χ1n) is 7.56. The molecule has 3 heterocycles. The van der Waals surface area contributed by atoms with Crippen LogP contribution in [-0.4, -0.2) is 40.1 Å². The third kappa shape index (κ3) is 2.59. The largest absolute Gasteiger partial charge is 0.368 e. The summed E-state index contributed by atoms with van der Waals surface area (Å²) in [5.41, 5.74) is 0.989. The van der Waals surface area contributed by atoms with E-state index in [0.29, 0.717) is 19.1 Å². The van der Waals surface area contributed by atoms with Gasteiger partial charge in [-0.3, -0.25) is 4.79 Å². The van der Waals surface area contributed by atoms with E-state index in [1.807, 2.05) is 7.05 Å². The Balaban J connectivity index is 1.64. The highest BCUT2D eigenvalue weighted by Gasteiger charge is 2.33. The molecule has 2 atom stereocenters. The van der Waals surface area contributed by atoms with Crippen LogP contribution in [-0.2, 0) is 29.0 Å². The standard InChI is InChI=1S/C15H23N3O2/c1-11-6-8-20-14(11)15(19)17(2)9-12-10-18-7-4-3-5-13(18)16-12/h10-11,14H,3-9H2,1-2H3/t11-,14+/m1/s1. The van der Waals surface area contributed by atoms with E-state index >= 15 is 0 Å². The van der Waals surface area contributed by atoms with Gasteiger partial charge in [-0.25, -0.2) is 4.98 Å². The highest BCUT2D eigenvalue weighted by atomic mass is 16.5. The van der Waals surface area contributed by atoms with E-state index in [4.69, 9.17) is 4.74 Å². The summed E-state index contributed by atoms with van der Waals surface area (Å²) < 4.78 is 7.78. The van der Waals surface area contributed by atoms with Crippen LogP contribution in [0.15, 0.2) is 6.20 Å². The summed E-state index contributed by atoms with van der Waals surface area (Å²) in [5, 5.41) is 0. The van der Waals surface area contributed by atoms with E-state index in [1.54, 1.807) is 4.90 Å². The summed E-state index contributed by atoms with van der Waals surface area (Å²) in [6, 6.07) is 0. The number of carbonyl (C=O) groups is 1. The van der Waals surface area contributed by atoms with Crippen LogP contribution in [0.1, 0.15) is 37.7 Å². The van der Waals surface area contributed by atoms with Gasteiger partial charge in [0.15, 0.2) is 0 Å². The Labute approximate surface area is 119 Å². The normalized spacial score (nSPS) is 25.5. The van der Waals surface area contributed by atoms with Crippen molar-refractivity contribution < 1.29 is 9.53 Å². The van der Waals surface area contributed by atoms with Crippen LogP contribution in [0, 0.1) is 5.92 Å². The zero-order valence-electron chi connectivity index (χ0n) is 12.3. The molecule has 5 heteroatoms. The second kappa shape index (κ2) is 5.56. The lowest BCUT2D eigenvalue weighted by Gasteiger charge is -2.22. The Bertz CT molecular complexity index is 474. The number of hydrogen-bond acceptors (Lipinski definition) is 3. The maximum atomic E-state index is 12.4. The van der Waals surface area contributed by atoms with Crippen molar-refractivity contribution in [2.45, 2.75) is 51.8 Å². The Morgan fingerprint density at radius 2 is 2.40 bits per heavy atom. The summed E-state index contributed by atoms with van der Waals surface area (Å²) in [7, 11) is 1.84. The van der Waals surface area contributed by atoms with Gasteiger partial charge in [0.1, 0.15) is 11.9 Å². The zero-order valence-corrected chi connectivity index (χ0v) is 12.3. The van der Waals surface area contributed by atoms with Gasteiger partial charge in [-0.15, -0.1) is 0 Å². The molecule has 20 heavy (non-hydrogen) atoms. The molecule has 0 N–H and O–H groups in total. The van der Waals surface area contributed by atoms with Crippen LogP contribution >= 0.6 is 0 Å². The zero-order chi connectivity index (χ0) is 14.1. The van der Waals surface area contributed by atoms with Crippen molar-refractivity contribution in [3.63, 3.8) is 0 Å². The molecule has 110 valence electrons. The van der Waals surface area contributed by atoms with Crippen molar-refractivity contribution in [3.8, 4) is 0 Å². The summed E-state index contributed by atoms with van der Waals surface area (Å²) in [4.78, 5) is 18.8. The average Bonchev–Trinajstić information content (AvgIpc) is 3.03. The summed E-state index contributed by atoms with van der Waals surface area (Å²) in [6.45, 7) is 4.41. The lowest BCUT2D eigenvalue weighted by molar-refractivity contribution is -0.141. The van der Waals surface area contributed by atoms with Crippen molar-refractivity contribution in [1.82, 2.24) is 14.5 Å². The number of nitrogens with zero attached hydrogens (tertiary/aromatic N) is 3. The van der Waals surface area contributed by atoms with Crippen LogP contribution in [0.3, 0.4) is 0 Å². The van der Waals surface area contributed by atoms with Crippen LogP contribution in [0.5, 0.6) is 0 Å². The van der Waals surface area contributed by atoms with Gasteiger partial charge in [0.25, 0.3) is 5.91 Å². The van der Waals surface area contributed by atoms with Crippen molar-refractivity contribution in [2.75, 3.05) is 13.7 Å². The second-order valence-electron chi connectivity index (χ2n) is 6.05. The smallest absolute Gasteiger partial charge is 0.252 e. The van der Waals surface area contributed by atoms with Gasteiger partial charge in [0.05, 0.1) is 12.2 Å². The first kappa shape index (κ1) is 13.6. The third-order valence-corrected chi connectivity index (χ3v) is 4.36. The highest BCUT2D eigenvalue weighted by Crippen LogP contribution is 2.22. The Morgan fingerprint density at radius 1 is 1.55 bits per heavy atom. The fraction of sp³-hybridized carbons (Fsp3) is 0.733. The molecule has 0 aromatic carbocycles. The van der Waals surface area contributed by atoms with E-state index < -0.39 is 0 Å². The topological polar surface area (TPSA) is 47.4 Å². The minimum absolute atomic E-state index is 0.0842. The van der Waals surface area contributed by atoms with Gasteiger partial charge in [-0.05, 0) is 25.2 Å². The Morgan fingerprint density at radius 3 is 3.10 bits per heavy atom. The quantitative estimate of drug-likeness (QED) is 0.843. The molecule has 0 spiro atoms. The van der Waals surface area contributed by atoms with Crippen LogP contribution in [0.4, 0.5) is 0 Å². The van der Waals surface area contributed by atoms with Gasteiger partial charge < -0.3 is 14.2 Å². The monoisotopic (exact) mass is 277 g/mol. The van der Waals surface area contributed by atoms with Gasteiger partial charge >= 0.3 is 0 Å². The number of hydrogen-bond donors (Lipinski definition) is 0. The molecule has 1 fully saturated rings. The number of rotatable bonds is 3. The number of amides is 1. The minimum atomic E-state index is -0.266. The number of fused-ring (bicyclic) bond motifs is 1. The molecule has 2 aliphatic rings.